The van der Waals surface area contributed by atoms with Gasteiger partial charge in [0.25, 0.3) is 0 Å². The molecule has 0 fully saturated rings. The van der Waals surface area contributed by atoms with Gasteiger partial charge < -0.3 is 4.90 Å². The first-order chi connectivity index (χ1) is 7.85. The maximum Gasteiger partial charge on any atom is 0.246 e. The Hall–Kier alpha value is -0.920. The molecule has 0 radical (unpaired) electrons. The molecule has 17 heavy (non-hydrogen) atoms. The van der Waals surface area contributed by atoms with Crippen molar-refractivity contribution in [3.8, 4) is 0 Å². The first-order valence-corrected chi connectivity index (χ1v) is 6.90. The van der Waals surface area contributed by atoms with E-state index in [-0.39, 0.29) is 4.90 Å². The van der Waals surface area contributed by atoms with Crippen molar-refractivity contribution >= 4 is 10.0 Å². The Kier molecular flexibility index (Phi) is 4.67. The van der Waals surface area contributed by atoms with Gasteiger partial charge in [-0.05, 0) is 34.0 Å². The monoisotopic (exact) mass is 260 g/mol. The van der Waals surface area contributed by atoms with E-state index in [2.05, 4.69) is 10.2 Å². The predicted molar refractivity (Wildman–Crippen MR) is 66.3 cm³/mol. The van der Waals surface area contributed by atoms with Crippen LogP contribution in [0.3, 0.4) is 0 Å². The number of hydrogen-bond acceptors (Lipinski definition) is 4. The van der Waals surface area contributed by atoms with Crippen LogP contribution < -0.4 is 0 Å². The van der Waals surface area contributed by atoms with Crippen LogP contribution >= 0.6 is 0 Å². The normalized spacial score (nSPS) is 12.6. The molecule has 0 aliphatic heterocycles. The lowest BCUT2D eigenvalue weighted by Gasteiger charge is -2.17. The zero-order chi connectivity index (χ0) is 13.1. The molecule has 6 nitrogen and oxygen atoms in total. The lowest BCUT2D eigenvalue weighted by atomic mass is 10.4. The molecule has 0 saturated heterocycles. The van der Waals surface area contributed by atoms with E-state index in [1.165, 1.54) is 10.5 Å². The molecule has 98 valence electrons. The fraction of sp³-hybridized carbons (Fsp3) is 0.700. The van der Waals surface area contributed by atoms with Crippen molar-refractivity contribution in [1.29, 1.82) is 0 Å². The van der Waals surface area contributed by atoms with E-state index in [4.69, 9.17) is 0 Å². The average Bonchev–Trinajstić information content (AvgIpc) is 2.64. The lowest BCUT2D eigenvalue weighted by Crippen LogP contribution is -2.30. The average molecular weight is 260 g/mol. The van der Waals surface area contributed by atoms with E-state index in [9.17, 15) is 8.42 Å². The molecule has 1 aromatic rings. The van der Waals surface area contributed by atoms with Gasteiger partial charge >= 0.3 is 0 Å². The Morgan fingerprint density at radius 3 is 2.41 bits per heavy atom. The van der Waals surface area contributed by atoms with Gasteiger partial charge in [-0.25, -0.2) is 12.7 Å². The molecule has 1 heterocycles. The molecular formula is C10H20N4O2S. The molecule has 0 aromatic carbocycles. The summed E-state index contributed by atoms with van der Waals surface area (Å²) >= 11 is 0. The first kappa shape index (κ1) is 14.1. The summed E-state index contributed by atoms with van der Waals surface area (Å²) in [7, 11) is 2.13. The second kappa shape index (κ2) is 5.61. The van der Waals surface area contributed by atoms with Crippen LogP contribution in [0.1, 0.15) is 12.1 Å². The molecule has 0 saturated carbocycles. The van der Waals surface area contributed by atoms with Crippen LogP contribution in [0.2, 0.25) is 0 Å². The van der Waals surface area contributed by atoms with Crippen molar-refractivity contribution < 1.29 is 8.42 Å². The maximum absolute atomic E-state index is 12.1. The van der Waals surface area contributed by atoms with E-state index in [1.807, 2.05) is 19.0 Å². The minimum atomic E-state index is -3.40. The van der Waals surface area contributed by atoms with Gasteiger partial charge in [0.1, 0.15) is 4.90 Å². The maximum atomic E-state index is 12.1. The van der Waals surface area contributed by atoms with Crippen LogP contribution in [-0.4, -0.2) is 62.1 Å². The third kappa shape index (κ3) is 3.52. The van der Waals surface area contributed by atoms with E-state index in [0.29, 0.717) is 12.2 Å². The van der Waals surface area contributed by atoms with E-state index < -0.39 is 10.0 Å². The zero-order valence-corrected chi connectivity index (χ0v) is 11.6. The molecule has 0 aliphatic rings. The number of sulfonamides is 1. The van der Waals surface area contributed by atoms with Gasteiger partial charge in [-0.3, -0.25) is 5.10 Å². The molecule has 0 spiro atoms. The van der Waals surface area contributed by atoms with Gasteiger partial charge in [0.15, 0.2) is 0 Å². The van der Waals surface area contributed by atoms with Crippen molar-refractivity contribution in [1.82, 2.24) is 19.4 Å². The highest BCUT2D eigenvalue weighted by Crippen LogP contribution is 2.16. The molecule has 0 unspecified atom stereocenters. The standard InChI is InChI=1S/C10H20N4O2S/c1-9-10(8-11-12-9)17(15,16)14(4)7-5-6-13(2)3/h8H,5-7H2,1-4H3,(H,11,12). The molecule has 1 aromatic heterocycles. The summed E-state index contributed by atoms with van der Waals surface area (Å²) in [6.45, 7) is 3.07. The number of rotatable bonds is 6. The second-order valence-corrected chi connectivity index (χ2v) is 6.36. The fourth-order valence-corrected chi connectivity index (χ4v) is 2.82. The molecule has 0 bridgehead atoms. The summed E-state index contributed by atoms with van der Waals surface area (Å²) in [6.07, 6.45) is 2.16. The summed E-state index contributed by atoms with van der Waals surface area (Å²) in [4.78, 5) is 2.29. The van der Waals surface area contributed by atoms with Crippen LogP contribution in [0.15, 0.2) is 11.1 Å². The third-order valence-corrected chi connectivity index (χ3v) is 4.52. The molecule has 7 heteroatoms. The number of nitrogens with zero attached hydrogens (tertiary/aromatic N) is 3. The van der Waals surface area contributed by atoms with Gasteiger partial charge in [-0.2, -0.15) is 5.10 Å². The molecule has 1 rings (SSSR count). The Morgan fingerprint density at radius 1 is 1.29 bits per heavy atom. The molecule has 0 aliphatic carbocycles. The Balaban J connectivity index is 2.68. The molecular weight excluding hydrogens is 240 g/mol. The van der Waals surface area contributed by atoms with Crippen LogP contribution in [0.25, 0.3) is 0 Å². The topological polar surface area (TPSA) is 69.3 Å². The SMILES string of the molecule is Cc1[nH]ncc1S(=O)(=O)N(C)CCCN(C)C. The number of nitrogens with one attached hydrogen (secondary N) is 1. The minimum Gasteiger partial charge on any atom is -0.309 e. The van der Waals surface area contributed by atoms with Crippen LogP contribution in [0.5, 0.6) is 0 Å². The van der Waals surface area contributed by atoms with Crippen molar-refractivity contribution in [3.05, 3.63) is 11.9 Å². The van der Waals surface area contributed by atoms with Crippen LogP contribution in [0.4, 0.5) is 0 Å². The number of aromatic amines is 1. The summed E-state index contributed by atoms with van der Waals surface area (Å²) in [6, 6.07) is 0. The molecule has 0 amide bonds. The predicted octanol–water partition coefficient (Wildman–Crippen LogP) is 0.290. The van der Waals surface area contributed by atoms with E-state index >= 15 is 0 Å². The van der Waals surface area contributed by atoms with E-state index in [0.717, 1.165) is 13.0 Å². The Bertz CT molecular complexity index is 453. The largest absolute Gasteiger partial charge is 0.309 e. The van der Waals surface area contributed by atoms with Crippen molar-refractivity contribution in [2.75, 3.05) is 34.2 Å². The molecule has 1 N–H and O–H groups in total. The smallest absolute Gasteiger partial charge is 0.246 e. The van der Waals surface area contributed by atoms with Gasteiger partial charge in [0.05, 0.1) is 11.9 Å². The summed E-state index contributed by atoms with van der Waals surface area (Å²) in [5.41, 5.74) is 0.574. The fourth-order valence-electron chi connectivity index (χ4n) is 1.50. The number of H-pyrrole nitrogens is 1. The zero-order valence-electron chi connectivity index (χ0n) is 10.8. The van der Waals surface area contributed by atoms with Crippen molar-refractivity contribution in [2.24, 2.45) is 0 Å². The van der Waals surface area contributed by atoms with Gasteiger partial charge in [0, 0.05) is 13.6 Å². The third-order valence-electron chi connectivity index (χ3n) is 2.55. The van der Waals surface area contributed by atoms with E-state index in [1.54, 1.807) is 14.0 Å². The van der Waals surface area contributed by atoms with Gasteiger partial charge in [-0.1, -0.05) is 0 Å². The van der Waals surface area contributed by atoms with Gasteiger partial charge in [-0.15, -0.1) is 0 Å². The number of aryl methyl sites for hydroxylation is 1. The van der Waals surface area contributed by atoms with Crippen molar-refractivity contribution in [3.63, 3.8) is 0 Å². The number of aromatic nitrogens is 2. The Morgan fingerprint density at radius 2 is 1.94 bits per heavy atom. The summed E-state index contributed by atoms with van der Waals surface area (Å²) < 4.78 is 25.7. The van der Waals surface area contributed by atoms with Crippen LogP contribution in [-0.2, 0) is 10.0 Å². The summed E-state index contributed by atoms with van der Waals surface area (Å²) in [5.74, 6) is 0. The van der Waals surface area contributed by atoms with Crippen LogP contribution in [0, 0.1) is 6.92 Å². The lowest BCUT2D eigenvalue weighted by molar-refractivity contribution is 0.370. The Labute approximate surface area is 103 Å². The highest BCUT2D eigenvalue weighted by Gasteiger charge is 2.23. The van der Waals surface area contributed by atoms with Crippen molar-refractivity contribution in [2.45, 2.75) is 18.2 Å². The number of hydrogen-bond donors (Lipinski definition) is 1. The second-order valence-electron chi connectivity index (χ2n) is 4.34. The summed E-state index contributed by atoms with van der Waals surface area (Å²) in [5, 5.41) is 6.38. The first-order valence-electron chi connectivity index (χ1n) is 5.46. The highest BCUT2D eigenvalue weighted by molar-refractivity contribution is 7.89. The molecule has 0 atom stereocenters. The minimum absolute atomic E-state index is 0.254. The quantitative estimate of drug-likeness (QED) is 0.798. The highest BCUT2D eigenvalue weighted by atomic mass is 32.2. The van der Waals surface area contributed by atoms with Gasteiger partial charge in [0.2, 0.25) is 10.0 Å².